The van der Waals surface area contributed by atoms with Gasteiger partial charge in [0.2, 0.25) is 0 Å². The van der Waals surface area contributed by atoms with E-state index in [1.54, 1.807) is 0 Å². The van der Waals surface area contributed by atoms with E-state index < -0.39 is 0 Å². The SMILES string of the molecule is C=C(C)C.CC.CC.CC.CC.CC(C)(C)C.CCC1CCCC1. The van der Waals surface area contributed by atoms with E-state index in [0.717, 1.165) is 5.92 Å². The molecule has 1 rings (SSSR count). The maximum atomic E-state index is 3.56. The summed E-state index contributed by atoms with van der Waals surface area (Å²) in [6.07, 6.45) is 7.43. The second-order valence-electron chi connectivity index (χ2n) is 6.77. The molecule has 0 aromatic carbocycles. The summed E-state index contributed by atoms with van der Waals surface area (Å²) in [5.74, 6) is 1.10. The van der Waals surface area contributed by atoms with Crippen molar-refractivity contribution in [3.63, 3.8) is 0 Å². The highest BCUT2D eigenvalue weighted by atomic mass is 14.2. The lowest BCUT2D eigenvalue weighted by molar-refractivity contribution is 0.469. The number of rotatable bonds is 1. The van der Waals surface area contributed by atoms with Gasteiger partial charge in [-0.2, -0.15) is 0 Å². The Morgan fingerprint density at radius 2 is 0.917 bits per heavy atom. The molecule has 0 heteroatoms. The molecule has 0 nitrogen and oxygen atoms in total. The second-order valence-corrected chi connectivity index (χ2v) is 6.77. The average Bonchev–Trinajstić information content (AvgIpc) is 3.07. The van der Waals surface area contributed by atoms with Crippen LogP contribution in [0.5, 0.6) is 0 Å². The smallest absolute Gasteiger partial charge is 0.0411 e. The normalized spacial score (nSPS) is 11.5. The summed E-state index contributed by atoms with van der Waals surface area (Å²) in [7, 11) is 0. The van der Waals surface area contributed by atoms with Gasteiger partial charge in [0, 0.05) is 0 Å². The van der Waals surface area contributed by atoms with Crippen LogP contribution in [0.15, 0.2) is 12.2 Å². The predicted molar refractivity (Wildman–Crippen MR) is 123 cm³/mol. The lowest BCUT2D eigenvalue weighted by atomic mass is 10.0. The monoisotopic (exact) mass is 346 g/mol. The number of hydrogen-bond donors (Lipinski definition) is 0. The standard InChI is InChI=1S/C7H14.C5H12.C4H8.4C2H6/c1-2-7-5-3-4-6-7;1-5(2,3)4;1-4(2)3;4*1-2/h7H,2-6H2,1H3;1-4H3;1H2,2-3H3;4*1-2H3. The molecule has 1 aliphatic carbocycles. The van der Waals surface area contributed by atoms with Crippen LogP contribution < -0.4 is 0 Å². The van der Waals surface area contributed by atoms with Gasteiger partial charge in [0.05, 0.1) is 0 Å². The maximum Gasteiger partial charge on any atom is -0.0411 e. The van der Waals surface area contributed by atoms with Gasteiger partial charge in [-0.3, -0.25) is 0 Å². The van der Waals surface area contributed by atoms with Crippen LogP contribution in [0.25, 0.3) is 0 Å². The summed E-state index contributed by atoms with van der Waals surface area (Å²) in [6.45, 7) is 34.6. The Bertz CT molecular complexity index is 143. The van der Waals surface area contributed by atoms with Gasteiger partial charge in [-0.25, -0.2) is 0 Å². The van der Waals surface area contributed by atoms with E-state index in [9.17, 15) is 0 Å². The Balaban J connectivity index is -0.0000000429. The summed E-state index contributed by atoms with van der Waals surface area (Å²) >= 11 is 0. The van der Waals surface area contributed by atoms with Crippen molar-refractivity contribution in [2.24, 2.45) is 11.3 Å². The van der Waals surface area contributed by atoms with Crippen molar-refractivity contribution in [2.75, 3.05) is 0 Å². The van der Waals surface area contributed by atoms with Gasteiger partial charge in [-0.15, -0.1) is 6.58 Å². The lowest BCUT2D eigenvalue weighted by Gasteiger charge is -2.05. The van der Waals surface area contributed by atoms with E-state index >= 15 is 0 Å². The molecular formula is C24H58. The third-order valence-corrected chi connectivity index (χ3v) is 2.05. The summed E-state index contributed by atoms with van der Waals surface area (Å²) in [6, 6.07) is 0. The van der Waals surface area contributed by atoms with Gasteiger partial charge in [-0.05, 0) is 25.2 Å². The molecule has 0 saturated heterocycles. The fourth-order valence-corrected chi connectivity index (χ4v) is 1.42. The van der Waals surface area contributed by atoms with Crippen LogP contribution in [0, 0.1) is 11.3 Å². The molecule has 154 valence electrons. The summed E-state index contributed by atoms with van der Waals surface area (Å²) in [5, 5.41) is 0. The highest BCUT2D eigenvalue weighted by Crippen LogP contribution is 2.26. The topological polar surface area (TPSA) is 0 Å². The fraction of sp³-hybridized carbons (Fsp3) is 0.917. The van der Waals surface area contributed by atoms with Gasteiger partial charge in [0.15, 0.2) is 0 Å². The van der Waals surface area contributed by atoms with Crippen molar-refractivity contribution in [3.05, 3.63) is 12.2 Å². The molecular weight excluding hydrogens is 288 g/mol. The predicted octanol–water partition coefficient (Wildman–Crippen LogP) is 10.3. The van der Waals surface area contributed by atoms with E-state index in [1.165, 1.54) is 37.7 Å². The van der Waals surface area contributed by atoms with E-state index in [1.807, 2.05) is 69.2 Å². The number of allylic oxidation sites excluding steroid dienone is 1. The first-order valence-electron chi connectivity index (χ1n) is 10.8. The van der Waals surface area contributed by atoms with Crippen LogP contribution >= 0.6 is 0 Å². The fourth-order valence-electron chi connectivity index (χ4n) is 1.42. The molecule has 0 amide bonds. The third-order valence-electron chi connectivity index (χ3n) is 2.05. The molecule has 0 bridgehead atoms. The summed E-state index contributed by atoms with van der Waals surface area (Å²) in [5.41, 5.74) is 1.67. The Labute approximate surface area is 159 Å². The van der Waals surface area contributed by atoms with Crippen LogP contribution in [0.2, 0.25) is 0 Å². The van der Waals surface area contributed by atoms with Crippen molar-refractivity contribution < 1.29 is 0 Å². The molecule has 0 aromatic rings. The zero-order valence-corrected chi connectivity index (χ0v) is 20.8. The van der Waals surface area contributed by atoms with Gasteiger partial charge in [-0.1, -0.05) is 128 Å². The first kappa shape index (κ1) is 39.0. The minimum absolute atomic E-state index is 0.500. The van der Waals surface area contributed by atoms with Crippen LogP contribution in [-0.2, 0) is 0 Å². The molecule has 0 N–H and O–H groups in total. The summed E-state index contributed by atoms with van der Waals surface area (Å²) in [4.78, 5) is 0. The van der Waals surface area contributed by atoms with Crippen molar-refractivity contribution >= 4 is 0 Å². The highest BCUT2D eigenvalue weighted by molar-refractivity contribution is 4.78. The van der Waals surface area contributed by atoms with Crippen LogP contribution in [0.4, 0.5) is 0 Å². The van der Waals surface area contributed by atoms with Crippen molar-refractivity contribution in [2.45, 2.75) is 136 Å². The quantitative estimate of drug-likeness (QED) is 0.414. The first-order valence-corrected chi connectivity index (χ1v) is 10.8. The van der Waals surface area contributed by atoms with Crippen LogP contribution in [0.3, 0.4) is 0 Å². The molecule has 0 radical (unpaired) electrons. The van der Waals surface area contributed by atoms with Gasteiger partial charge in [0.25, 0.3) is 0 Å². The maximum absolute atomic E-state index is 3.56. The molecule has 0 aromatic heterocycles. The molecule has 24 heavy (non-hydrogen) atoms. The first-order chi connectivity index (χ1) is 11.2. The third kappa shape index (κ3) is 122. The Kier molecular flexibility index (Phi) is 62.3. The highest BCUT2D eigenvalue weighted by Gasteiger charge is 2.11. The molecule has 1 fully saturated rings. The van der Waals surface area contributed by atoms with Crippen LogP contribution in [-0.4, -0.2) is 0 Å². The minimum atomic E-state index is 0.500. The van der Waals surface area contributed by atoms with Crippen LogP contribution in [0.1, 0.15) is 136 Å². The van der Waals surface area contributed by atoms with E-state index in [-0.39, 0.29) is 0 Å². The second kappa shape index (κ2) is 38.4. The Morgan fingerprint density at radius 3 is 1.00 bits per heavy atom. The van der Waals surface area contributed by atoms with Crippen molar-refractivity contribution in [1.29, 1.82) is 0 Å². The zero-order chi connectivity index (χ0) is 21.2. The summed E-state index contributed by atoms with van der Waals surface area (Å²) < 4.78 is 0. The lowest BCUT2D eigenvalue weighted by Crippen LogP contribution is -1.93. The van der Waals surface area contributed by atoms with Gasteiger partial charge in [0.1, 0.15) is 0 Å². The Morgan fingerprint density at radius 1 is 0.750 bits per heavy atom. The van der Waals surface area contributed by atoms with Crippen molar-refractivity contribution in [3.8, 4) is 0 Å². The molecule has 1 aliphatic rings. The van der Waals surface area contributed by atoms with E-state index in [4.69, 9.17) is 0 Å². The van der Waals surface area contributed by atoms with Gasteiger partial charge >= 0.3 is 0 Å². The average molecular weight is 347 g/mol. The van der Waals surface area contributed by atoms with E-state index in [2.05, 4.69) is 41.2 Å². The zero-order valence-electron chi connectivity index (χ0n) is 20.8. The van der Waals surface area contributed by atoms with E-state index in [0.29, 0.717) is 5.41 Å². The number of hydrogen-bond acceptors (Lipinski definition) is 0. The molecule has 0 atom stereocenters. The van der Waals surface area contributed by atoms with Gasteiger partial charge < -0.3 is 0 Å². The minimum Gasteiger partial charge on any atom is -0.100 e. The van der Waals surface area contributed by atoms with Crippen molar-refractivity contribution in [1.82, 2.24) is 0 Å². The molecule has 0 spiro atoms. The largest absolute Gasteiger partial charge is 0.100 e. The molecule has 0 aliphatic heterocycles. The molecule has 1 saturated carbocycles. The molecule has 0 heterocycles. The Hall–Kier alpha value is -0.260. The molecule has 0 unspecified atom stereocenters.